The highest BCUT2D eigenvalue weighted by molar-refractivity contribution is 5.67. The van der Waals surface area contributed by atoms with E-state index in [-0.39, 0.29) is 26.4 Å². The predicted octanol–water partition coefficient (Wildman–Crippen LogP) is 3.56. The molecule has 0 aliphatic carbocycles. The van der Waals surface area contributed by atoms with Crippen molar-refractivity contribution < 1.29 is 71.7 Å². The lowest BCUT2D eigenvalue weighted by atomic mass is 9.95. The van der Waals surface area contributed by atoms with Crippen LogP contribution in [0.25, 0.3) is 0 Å². The zero-order valence-electron chi connectivity index (χ0n) is 31.6. The van der Waals surface area contributed by atoms with Crippen LogP contribution >= 0.6 is 0 Å². The summed E-state index contributed by atoms with van der Waals surface area (Å²) in [5, 5.41) is 11.2. The summed E-state index contributed by atoms with van der Waals surface area (Å²) in [6.07, 6.45) is -13.1. The molecule has 2 fully saturated rings. The third-order valence-electron chi connectivity index (χ3n) is 8.85. The first-order valence-corrected chi connectivity index (χ1v) is 18.2. The molecule has 2 aliphatic heterocycles. The van der Waals surface area contributed by atoms with Crippen molar-refractivity contribution in [1.29, 1.82) is 0 Å². The van der Waals surface area contributed by atoms with E-state index >= 15 is 0 Å². The van der Waals surface area contributed by atoms with Crippen molar-refractivity contribution in [3.05, 3.63) is 108 Å². The second kappa shape index (κ2) is 21.0. The highest BCUT2D eigenvalue weighted by atomic mass is 16.8. The van der Waals surface area contributed by atoms with E-state index in [4.69, 9.17) is 47.4 Å². The molecule has 0 amide bonds. The maximum atomic E-state index is 12.5. The van der Waals surface area contributed by atoms with Gasteiger partial charge < -0.3 is 52.5 Å². The van der Waals surface area contributed by atoms with Gasteiger partial charge >= 0.3 is 23.9 Å². The third kappa shape index (κ3) is 12.4. The Morgan fingerprint density at radius 3 is 1.36 bits per heavy atom. The fourth-order valence-corrected chi connectivity index (χ4v) is 6.38. The highest BCUT2D eigenvalue weighted by Gasteiger charge is 2.55. The highest BCUT2D eigenvalue weighted by Crippen LogP contribution is 2.36. The molecule has 5 rings (SSSR count). The van der Waals surface area contributed by atoms with Crippen LogP contribution in [0.2, 0.25) is 0 Å². The normalized spacial score (nSPS) is 27.4. The molecule has 302 valence electrons. The van der Waals surface area contributed by atoms with Gasteiger partial charge in [0.25, 0.3) is 0 Å². The summed E-state index contributed by atoms with van der Waals surface area (Å²) in [6, 6.07) is 28.2. The molecule has 1 N–H and O–H groups in total. The lowest BCUT2D eigenvalue weighted by Gasteiger charge is -2.49. The van der Waals surface area contributed by atoms with Gasteiger partial charge in [-0.25, -0.2) is 0 Å². The minimum absolute atomic E-state index is 0.0478. The van der Waals surface area contributed by atoms with Crippen molar-refractivity contribution in [3.63, 3.8) is 0 Å². The number of rotatable bonds is 17. The van der Waals surface area contributed by atoms with Gasteiger partial charge in [0.2, 0.25) is 0 Å². The average molecular weight is 781 g/mol. The first-order valence-electron chi connectivity index (χ1n) is 18.2. The maximum absolute atomic E-state index is 12.5. The van der Waals surface area contributed by atoms with Crippen molar-refractivity contribution in [3.8, 4) is 0 Å². The molecule has 3 aromatic carbocycles. The van der Waals surface area contributed by atoms with Gasteiger partial charge in [-0.3, -0.25) is 19.2 Å². The quantitative estimate of drug-likeness (QED) is 0.155. The third-order valence-corrected chi connectivity index (χ3v) is 8.85. The molecular weight excluding hydrogens is 732 g/mol. The molecule has 15 heteroatoms. The molecule has 0 spiro atoms. The Morgan fingerprint density at radius 1 is 0.500 bits per heavy atom. The van der Waals surface area contributed by atoms with Crippen LogP contribution < -0.4 is 0 Å². The smallest absolute Gasteiger partial charge is 0.303 e. The number of benzene rings is 3. The van der Waals surface area contributed by atoms with Crippen LogP contribution in [0.15, 0.2) is 91.0 Å². The van der Waals surface area contributed by atoms with Gasteiger partial charge in [-0.15, -0.1) is 0 Å². The van der Waals surface area contributed by atoms with E-state index in [2.05, 4.69) is 0 Å². The van der Waals surface area contributed by atoms with Crippen molar-refractivity contribution in [2.45, 2.75) is 109 Å². The summed E-state index contributed by atoms with van der Waals surface area (Å²) in [7, 11) is 0. The van der Waals surface area contributed by atoms with Crippen LogP contribution in [0.3, 0.4) is 0 Å². The van der Waals surface area contributed by atoms with Crippen LogP contribution in [-0.4, -0.2) is 104 Å². The lowest BCUT2D eigenvalue weighted by Crippen LogP contribution is -2.66. The van der Waals surface area contributed by atoms with Crippen LogP contribution in [0.4, 0.5) is 0 Å². The molecule has 2 aliphatic rings. The summed E-state index contributed by atoms with van der Waals surface area (Å²) in [5.74, 6) is -2.82. The summed E-state index contributed by atoms with van der Waals surface area (Å²) < 4.78 is 60.5. The topological polar surface area (TPSA) is 181 Å². The first-order chi connectivity index (χ1) is 27.0. The number of hydrogen-bond acceptors (Lipinski definition) is 15. The number of esters is 4. The molecule has 0 unspecified atom stereocenters. The largest absolute Gasteiger partial charge is 0.463 e. The van der Waals surface area contributed by atoms with Crippen molar-refractivity contribution in [1.82, 2.24) is 0 Å². The fraction of sp³-hybridized carbons (Fsp3) is 0.463. The number of carbonyl (C=O) groups excluding carboxylic acids is 4. The van der Waals surface area contributed by atoms with E-state index < -0.39 is 91.9 Å². The monoisotopic (exact) mass is 780 g/mol. The lowest BCUT2D eigenvalue weighted by molar-refractivity contribution is -0.367. The first kappa shape index (κ1) is 42.4. The van der Waals surface area contributed by atoms with E-state index in [0.29, 0.717) is 0 Å². The van der Waals surface area contributed by atoms with Crippen LogP contribution in [0, 0.1) is 0 Å². The maximum Gasteiger partial charge on any atom is 0.303 e. The van der Waals surface area contributed by atoms with Crippen LogP contribution in [-0.2, 0) is 86.4 Å². The molecular formula is C41H48O15. The molecule has 0 aromatic heterocycles. The van der Waals surface area contributed by atoms with Gasteiger partial charge in [0.15, 0.2) is 24.8 Å². The van der Waals surface area contributed by atoms with Crippen LogP contribution in [0.5, 0.6) is 0 Å². The van der Waals surface area contributed by atoms with Gasteiger partial charge in [-0.2, -0.15) is 0 Å². The van der Waals surface area contributed by atoms with E-state index in [1.165, 1.54) is 13.8 Å². The Bertz CT molecular complexity index is 1690. The van der Waals surface area contributed by atoms with Gasteiger partial charge in [-0.05, 0) is 16.7 Å². The number of aliphatic hydroxyl groups is 1. The van der Waals surface area contributed by atoms with E-state index in [9.17, 15) is 24.3 Å². The van der Waals surface area contributed by atoms with E-state index in [1.54, 1.807) is 0 Å². The van der Waals surface area contributed by atoms with Crippen molar-refractivity contribution in [2.24, 2.45) is 0 Å². The molecule has 0 bridgehead atoms. The molecule has 2 heterocycles. The fourth-order valence-electron chi connectivity index (χ4n) is 6.38. The standard InChI is InChI=1S/C41H48O15/c1-25(42)47-23-32-34(49-20-29-14-8-5-9-15-29)36(50-21-30-16-10-6-11-17-30)39(51-22-31-18-12-7-13-19-31)41(55-32)56-37-35(52-27(3)44)33(24-48-26(2)43)54-40(46)38(37)53-28(4)45/h5-19,32-41,46H,20-24H2,1-4H3/t32-,33-,34-,35-,36+,37+,38+,39+,40+,41+/m1/s1. The minimum Gasteiger partial charge on any atom is -0.463 e. The van der Waals surface area contributed by atoms with Gasteiger partial charge in [-0.1, -0.05) is 91.0 Å². The zero-order valence-corrected chi connectivity index (χ0v) is 31.6. The summed E-state index contributed by atoms with van der Waals surface area (Å²) in [6.45, 7) is 4.22. The number of ether oxygens (including phenoxy) is 10. The summed E-state index contributed by atoms with van der Waals surface area (Å²) in [4.78, 5) is 48.9. The Kier molecular flexibility index (Phi) is 15.9. The number of aliphatic hydroxyl groups excluding tert-OH is 1. The molecule has 56 heavy (non-hydrogen) atoms. The second-order valence-electron chi connectivity index (χ2n) is 13.2. The molecule has 10 atom stereocenters. The van der Waals surface area contributed by atoms with Gasteiger partial charge in [0, 0.05) is 27.7 Å². The van der Waals surface area contributed by atoms with Crippen LogP contribution in [0.1, 0.15) is 44.4 Å². The number of carbonyl (C=O) groups is 4. The molecule has 2 saturated heterocycles. The van der Waals surface area contributed by atoms with Gasteiger partial charge in [0.05, 0.1) is 19.8 Å². The Balaban J connectivity index is 1.58. The Morgan fingerprint density at radius 2 is 0.911 bits per heavy atom. The summed E-state index contributed by atoms with van der Waals surface area (Å²) >= 11 is 0. The molecule has 0 saturated carbocycles. The summed E-state index contributed by atoms with van der Waals surface area (Å²) in [5.41, 5.74) is 2.49. The number of hydrogen-bond donors (Lipinski definition) is 1. The van der Waals surface area contributed by atoms with E-state index in [0.717, 1.165) is 30.5 Å². The Hall–Kier alpha value is -4.74. The minimum atomic E-state index is -1.83. The van der Waals surface area contributed by atoms with E-state index in [1.807, 2.05) is 91.0 Å². The molecule has 15 nitrogen and oxygen atoms in total. The second-order valence-corrected chi connectivity index (χ2v) is 13.2. The Labute approximate surface area is 325 Å². The van der Waals surface area contributed by atoms with Crippen molar-refractivity contribution in [2.75, 3.05) is 13.2 Å². The zero-order chi connectivity index (χ0) is 40.0. The predicted molar refractivity (Wildman–Crippen MR) is 194 cm³/mol. The van der Waals surface area contributed by atoms with Crippen molar-refractivity contribution >= 4 is 23.9 Å². The molecule has 3 aromatic rings. The van der Waals surface area contributed by atoms with Gasteiger partial charge in [0.1, 0.15) is 49.8 Å². The SMILES string of the molecule is CC(=O)OC[C@H]1O[C@@H](O[C@@H]2[C@H](OC(C)=O)[C@@H](O)O[C@H](COC(C)=O)[C@H]2OC(C)=O)[C@@H](OCc2ccccc2)[C@@H](OCc2ccccc2)[C@@H]1OCc1ccccc1. The molecule has 0 radical (unpaired) electrons. The average Bonchev–Trinajstić information content (AvgIpc) is 3.17.